The van der Waals surface area contributed by atoms with Crippen molar-refractivity contribution in [1.82, 2.24) is 14.4 Å². The molecule has 0 fully saturated rings. The van der Waals surface area contributed by atoms with E-state index in [0.29, 0.717) is 16.1 Å². The normalized spacial score (nSPS) is 12.7. The molecular weight excluding hydrogens is 352 g/mol. The average Bonchev–Trinajstić information content (AvgIpc) is 2.82. The molecule has 0 amide bonds. The van der Waals surface area contributed by atoms with Crippen LogP contribution in [0.1, 0.15) is 5.56 Å². The van der Waals surface area contributed by atoms with E-state index in [4.69, 9.17) is 5.73 Å². The van der Waals surface area contributed by atoms with Gasteiger partial charge in [-0.2, -0.15) is 0 Å². The summed E-state index contributed by atoms with van der Waals surface area (Å²) >= 11 is 3.34. The van der Waals surface area contributed by atoms with Crippen molar-refractivity contribution < 1.29 is 4.21 Å². The molecule has 0 bridgehead atoms. The molecule has 21 heavy (non-hydrogen) atoms. The number of hydrogen-bond acceptors (Lipinski definition) is 4. The lowest BCUT2D eigenvalue weighted by Gasteiger charge is -2.08. The van der Waals surface area contributed by atoms with Gasteiger partial charge in [-0.15, -0.1) is 0 Å². The van der Waals surface area contributed by atoms with E-state index in [1.807, 2.05) is 35.7 Å². The summed E-state index contributed by atoms with van der Waals surface area (Å²) < 4.78 is 14.2. The molecule has 1 atom stereocenters. The topological polar surface area (TPSA) is 73.3 Å². The Morgan fingerprint density at radius 1 is 1.38 bits per heavy atom. The van der Waals surface area contributed by atoms with Crippen molar-refractivity contribution in [2.45, 2.75) is 11.8 Å². The number of halogens is 1. The Labute approximate surface area is 132 Å². The van der Waals surface area contributed by atoms with E-state index in [1.165, 1.54) is 0 Å². The van der Waals surface area contributed by atoms with Crippen LogP contribution in [0.15, 0.2) is 40.1 Å². The Morgan fingerprint density at radius 2 is 2.14 bits per heavy atom. The highest BCUT2D eigenvalue weighted by atomic mass is 79.9. The van der Waals surface area contributed by atoms with E-state index in [-0.39, 0.29) is 0 Å². The smallest absolute Gasteiger partial charge is 0.180 e. The highest BCUT2D eigenvalue weighted by Gasteiger charge is 2.13. The van der Waals surface area contributed by atoms with Crippen LogP contribution in [-0.4, -0.2) is 24.8 Å². The third-order valence-electron chi connectivity index (χ3n) is 3.31. The largest absolute Gasteiger partial charge is 0.381 e. The maximum Gasteiger partial charge on any atom is 0.180 e. The van der Waals surface area contributed by atoms with Crippen LogP contribution in [0.5, 0.6) is 0 Å². The van der Waals surface area contributed by atoms with E-state index < -0.39 is 10.8 Å². The maximum absolute atomic E-state index is 11.7. The number of nitrogens with zero attached hydrogens (tertiary/aromatic N) is 3. The molecule has 2 heterocycles. The molecule has 3 aromatic rings. The van der Waals surface area contributed by atoms with E-state index in [0.717, 1.165) is 21.7 Å². The van der Waals surface area contributed by atoms with Crippen LogP contribution in [0, 0.1) is 6.92 Å². The number of hydrogen-bond donors (Lipinski definition) is 1. The Morgan fingerprint density at radius 3 is 2.86 bits per heavy atom. The van der Waals surface area contributed by atoms with Crippen molar-refractivity contribution in [3.63, 3.8) is 0 Å². The second-order valence-electron chi connectivity index (χ2n) is 4.72. The zero-order valence-corrected chi connectivity index (χ0v) is 13.9. The maximum atomic E-state index is 11.7. The summed E-state index contributed by atoms with van der Waals surface area (Å²) in [7, 11) is -1.03. The number of aromatic nitrogens is 3. The van der Waals surface area contributed by atoms with Gasteiger partial charge in [0, 0.05) is 33.7 Å². The Kier molecular flexibility index (Phi) is 3.54. The van der Waals surface area contributed by atoms with Crippen molar-refractivity contribution in [1.29, 1.82) is 0 Å². The predicted molar refractivity (Wildman–Crippen MR) is 87.6 cm³/mol. The first kappa shape index (κ1) is 14.2. The van der Waals surface area contributed by atoms with Crippen LogP contribution in [-0.2, 0) is 10.8 Å². The fraction of sp³-hybridized carbons (Fsp3) is 0.143. The van der Waals surface area contributed by atoms with E-state index in [1.54, 1.807) is 12.5 Å². The number of aryl methyl sites for hydroxylation is 1. The van der Waals surface area contributed by atoms with Gasteiger partial charge in [-0.3, -0.25) is 8.61 Å². The minimum atomic E-state index is -1.03. The minimum Gasteiger partial charge on any atom is -0.381 e. The molecule has 7 heteroatoms. The van der Waals surface area contributed by atoms with E-state index in [2.05, 4.69) is 25.9 Å². The lowest BCUT2D eigenvalue weighted by atomic mass is 10.1. The zero-order chi connectivity index (χ0) is 15.1. The van der Waals surface area contributed by atoms with Gasteiger partial charge in [0.25, 0.3) is 0 Å². The van der Waals surface area contributed by atoms with Crippen molar-refractivity contribution in [2.24, 2.45) is 0 Å². The first-order chi connectivity index (χ1) is 9.97. The Hall–Kier alpha value is -1.73. The molecule has 2 aromatic heterocycles. The Bertz CT molecular complexity index is 875. The standard InChI is InChI=1S/C14H13BrN4OS/c1-8-3-4-9(21(2)20)5-10(8)11-6-17-14-13(16)18-12(15)7-19(11)14/h3-7H,1-2H3,(H2,16,18). The van der Waals surface area contributed by atoms with E-state index >= 15 is 0 Å². The SMILES string of the molecule is Cc1ccc(S(C)=O)cc1-c1cnc2c(N)nc(Br)cn12. The fourth-order valence-electron chi connectivity index (χ4n) is 2.24. The van der Waals surface area contributed by atoms with Gasteiger partial charge in [0.15, 0.2) is 11.5 Å². The molecule has 2 N–H and O–H groups in total. The highest BCUT2D eigenvalue weighted by Crippen LogP contribution is 2.28. The van der Waals surface area contributed by atoms with Gasteiger partial charge in [0.05, 0.1) is 11.9 Å². The predicted octanol–water partition coefficient (Wildman–Crippen LogP) is 2.79. The van der Waals surface area contributed by atoms with E-state index in [9.17, 15) is 4.21 Å². The molecular formula is C14H13BrN4OS. The molecule has 0 aliphatic rings. The van der Waals surface area contributed by atoms with Crippen LogP contribution in [0.4, 0.5) is 5.82 Å². The number of rotatable bonds is 2. The molecule has 108 valence electrons. The molecule has 0 aliphatic carbocycles. The lowest BCUT2D eigenvalue weighted by Crippen LogP contribution is -1.99. The van der Waals surface area contributed by atoms with Gasteiger partial charge in [-0.1, -0.05) is 6.07 Å². The van der Waals surface area contributed by atoms with Crippen LogP contribution >= 0.6 is 15.9 Å². The average molecular weight is 365 g/mol. The molecule has 0 spiro atoms. The quantitative estimate of drug-likeness (QED) is 0.758. The molecule has 0 aliphatic heterocycles. The second-order valence-corrected chi connectivity index (χ2v) is 6.91. The summed E-state index contributed by atoms with van der Waals surface area (Å²) in [4.78, 5) is 9.25. The van der Waals surface area contributed by atoms with Gasteiger partial charge >= 0.3 is 0 Å². The molecule has 0 radical (unpaired) electrons. The lowest BCUT2D eigenvalue weighted by molar-refractivity contribution is 0.687. The molecule has 3 rings (SSSR count). The third kappa shape index (κ3) is 2.47. The van der Waals surface area contributed by atoms with Crippen LogP contribution in [0.25, 0.3) is 16.9 Å². The molecule has 1 aromatic carbocycles. The van der Waals surface area contributed by atoms with Crippen LogP contribution in [0.3, 0.4) is 0 Å². The van der Waals surface area contributed by atoms with Crippen LogP contribution in [0.2, 0.25) is 0 Å². The Balaban J connectivity index is 2.30. The number of benzene rings is 1. The van der Waals surface area contributed by atoms with Gasteiger partial charge in [0.1, 0.15) is 4.60 Å². The van der Waals surface area contributed by atoms with Crippen molar-refractivity contribution >= 4 is 38.2 Å². The summed E-state index contributed by atoms with van der Waals surface area (Å²) in [6.07, 6.45) is 5.25. The van der Waals surface area contributed by atoms with Gasteiger partial charge < -0.3 is 5.73 Å². The first-order valence-electron chi connectivity index (χ1n) is 6.21. The van der Waals surface area contributed by atoms with Gasteiger partial charge in [-0.25, -0.2) is 9.97 Å². The minimum absolute atomic E-state index is 0.364. The summed E-state index contributed by atoms with van der Waals surface area (Å²) in [6, 6.07) is 5.77. The first-order valence-corrected chi connectivity index (χ1v) is 8.56. The summed E-state index contributed by atoms with van der Waals surface area (Å²) in [5.41, 5.74) is 9.45. The number of imidazole rings is 1. The second kappa shape index (κ2) is 5.23. The molecule has 5 nitrogen and oxygen atoms in total. The number of fused-ring (bicyclic) bond motifs is 1. The van der Waals surface area contributed by atoms with Gasteiger partial charge in [0.2, 0.25) is 0 Å². The van der Waals surface area contributed by atoms with Crippen molar-refractivity contribution in [3.05, 3.63) is 40.8 Å². The summed E-state index contributed by atoms with van der Waals surface area (Å²) in [5, 5.41) is 0. The van der Waals surface area contributed by atoms with Crippen LogP contribution < -0.4 is 5.73 Å². The molecule has 0 saturated carbocycles. The van der Waals surface area contributed by atoms with Crippen molar-refractivity contribution in [2.75, 3.05) is 12.0 Å². The highest BCUT2D eigenvalue weighted by molar-refractivity contribution is 9.10. The third-order valence-corrected chi connectivity index (χ3v) is 4.61. The summed E-state index contributed by atoms with van der Waals surface area (Å²) in [6.45, 7) is 2.01. The molecule has 1 unspecified atom stereocenters. The van der Waals surface area contributed by atoms with Gasteiger partial charge in [-0.05, 0) is 40.5 Å². The zero-order valence-electron chi connectivity index (χ0n) is 11.5. The number of nitrogen functional groups attached to an aromatic ring is 1. The fourth-order valence-corrected chi connectivity index (χ4v) is 3.18. The monoisotopic (exact) mass is 364 g/mol. The molecule has 0 saturated heterocycles. The number of nitrogens with two attached hydrogens (primary N) is 1. The van der Waals surface area contributed by atoms with Crippen molar-refractivity contribution in [3.8, 4) is 11.3 Å². The number of anilines is 1. The summed E-state index contributed by atoms with van der Waals surface area (Å²) in [5.74, 6) is 0.364.